The van der Waals surface area contributed by atoms with E-state index in [0.29, 0.717) is 19.1 Å². The Kier molecular flexibility index (Phi) is 7.19. The van der Waals surface area contributed by atoms with Gasteiger partial charge in [0.15, 0.2) is 0 Å². The largest absolute Gasteiger partial charge is 0.318 e. The first kappa shape index (κ1) is 13.5. The van der Waals surface area contributed by atoms with Gasteiger partial charge >= 0.3 is 0 Å². The lowest BCUT2D eigenvalue weighted by Gasteiger charge is -2.22. The van der Waals surface area contributed by atoms with Gasteiger partial charge < -0.3 is 9.05 Å². The first-order valence-electron chi connectivity index (χ1n) is 4.68. The third-order valence-corrected chi connectivity index (χ3v) is 4.08. The molecule has 0 rings (SSSR count). The molecule has 0 aromatic rings. The van der Waals surface area contributed by atoms with E-state index in [9.17, 15) is 0 Å². The predicted octanol–water partition coefficient (Wildman–Crippen LogP) is 2.53. The summed E-state index contributed by atoms with van der Waals surface area (Å²) in [7, 11) is 0. The second kappa shape index (κ2) is 6.91. The summed E-state index contributed by atoms with van der Waals surface area (Å²) in [5, 5.41) is 3.18. The first-order valence-corrected chi connectivity index (χ1v) is 7.32. The van der Waals surface area contributed by atoms with Crippen molar-refractivity contribution >= 4 is 18.4 Å². The van der Waals surface area contributed by atoms with Gasteiger partial charge in [-0.05, 0) is 31.6 Å². The third kappa shape index (κ3) is 6.58. The van der Waals surface area contributed by atoms with Gasteiger partial charge in [0.1, 0.15) is 0 Å². The van der Waals surface area contributed by atoms with Gasteiger partial charge in [0.05, 0.1) is 13.2 Å². The van der Waals surface area contributed by atoms with E-state index in [1.165, 1.54) is 0 Å². The van der Waals surface area contributed by atoms with Crippen molar-refractivity contribution in [2.24, 2.45) is 5.92 Å². The highest BCUT2D eigenvalue weighted by Gasteiger charge is 2.16. The summed E-state index contributed by atoms with van der Waals surface area (Å²) < 4.78 is 10.8. The summed E-state index contributed by atoms with van der Waals surface area (Å²) in [6.07, 6.45) is 0. The molecule has 0 heterocycles. The van der Waals surface area contributed by atoms with Crippen LogP contribution in [-0.2, 0) is 20.9 Å². The van der Waals surface area contributed by atoms with E-state index in [2.05, 4.69) is 18.9 Å². The highest BCUT2D eigenvalue weighted by Crippen LogP contribution is 2.43. The molecule has 0 bridgehead atoms. The van der Waals surface area contributed by atoms with Crippen molar-refractivity contribution < 1.29 is 9.05 Å². The minimum Gasteiger partial charge on any atom is -0.318 e. The zero-order valence-corrected chi connectivity index (χ0v) is 10.6. The van der Waals surface area contributed by atoms with Crippen LogP contribution in [0.25, 0.3) is 0 Å². The topological polar surface area (TPSA) is 30.5 Å². The van der Waals surface area contributed by atoms with Gasteiger partial charge in [0.25, 0.3) is 6.64 Å². The number of hydrogen-bond acceptors (Lipinski definition) is 3. The molecule has 0 saturated heterocycles. The van der Waals surface area contributed by atoms with E-state index in [0.717, 1.165) is 6.54 Å². The van der Waals surface area contributed by atoms with Crippen LogP contribution in [0.4, 0.5) is 0 Å². The highest BCUT2D eigenvalue weighted by atomic mass is 32.5. The molecule has 0 spiro atoms. The van der Waals surface area contributed by atoms with Crippen molar-refractivity contribution in [1.82, 2.24) is 5.09 Å². The van der Waals surface area contributed by atoms with Crippen molar-refractivity contribution in [2.45, 2.75) is 27.7 Å². The van der Waals surface area contributed by atoms with Crippen LogP contribution in [0.3, 0.4) is 0 Å². The van der Waals surface area contributed by atoms with Crippen LogP contribution >= 0.6 is 6.64 Å². The molecule has 3 nitrogen and oxygen atoms in total. The molecule has 0 fully saturated rings. The molecule has 0 saturated carbocycles. The fraction of sp³-hybridized carbons (Fsp3) is 1.00. The van der Waals surface area contributed by atoms with Gasteiger partial charge in [0.2, 0.25) is 0 Å². The van der Waals surface area contributed by atoms with E-state index in [-0.39, 0.29) is 0 Å². The Morgan fingerprint density at radius 2 is 1.69 bits per heavy atom. The Hall–Kier alpha value is 0.530. The van der Waals surface area contributed by atoms with Crippen molar-refractivity contribution in [3.05, 3.63) is 0 Å². The molecule has 0 aliphatic rings. The average molecular weight is 225 g/mol. The maximum Gasteiger partial charge on any atom is 0.261 e. The van der Waals surface area contributed by atoms with Gasteiger partial charge in [-0.15, -0.1) is 0 Å². The van der Waals surface area contributed by atoms with Gasteiger partial charge in [-0.1, -0.05) is 13.8 Å². The molecule has 0 atom stereocenters. The van der Waals surface area contributed by atoms with Crippen LogP contribution in [0.2, 0.25) is 0 Å². The van der Waals surface area contributed by atoms with Crippen molar-refractivity contribution in [2.75, 3.05) is 19.8 Å². The van der Waals surface area contributed by atoms with E-state index in [4.69, 9.17) is 20.9 Å². The van der Waals surface area contributed by atoms with E-state index >= 15 is 0 Å². The van der Waals surface area contributed by atoms with Gasteiger partial charge in [-0.3, -0.25) is 0 Å². The SMILES string of the molecule is CCOP(=S)(NCC(C)C)OCC. The molecule has 0 aliphatic carbocycles. The smallest absolute Gasteiger partial charge is 0.261 e. The lowest BCUT2D eigenvalue weighted by atomic mass is 10.2. The maximum atomic E-state index is 5.41. The molecule has 0 radical (unpaired) electrons. The zero-order chi connectivity index (χ0) is 10.3. The summed E-state index contributed by atoms with van der Waals surface area (Å²) in [5.41, 5.74) is 0. The van der Waals surface area contributed by atoms with E-state index < -0.39 is 6.64 Å². The van der Waals surface area contributed by atoms with Gasteiger partial charge in [-0.2, -0.15) is 0 Å². The van der Waals surface area contributed by atoms with Crippen LogP contribution in [-0.4, -0.2) is 19.8 Å². The fourth-order valence-electron chi connectivity index (χ4n) is 0.763. The molecule has 5 heteroatoms. The molecule has 0 aromatic carbocycles. The van der Waals surface area contributed by atoms with Crippen molar-refractivity contribution in [1.29, 1.82) is 0 Å². The average Bonchev–Trinajstić information content (AvgIpc) is 2.02. The van der Waals surface area contributed by atoms with Crippen LogP contribution in [0.15, 0.2) is 0 Å². The number of hydrogen-bond donors (Lipinski definition) is 1. The standard InChI is InChI=1S/C8H20NO2PS/c1-5-10-12(13,11-6-2)9-7-8(3)4/h8H,5-7H2,1-4H3,(H,9,13). The Labute approximate surface area is 86.4 Å². The molecular formula is C8H20NO2PS. The highest BCUT2D eigenvalue weighted by molar-refractivity contribution is 8.08. The van der Waals surface area contributed by atoms with Crippen LogP contribution in [0.5, 0.6) is 0 Å². The second-order valence-corrected chi connectivity index (χ2v) is 6.36. The summed E-state index contributed by atoms with van der Waals surface area (Å²) in [6.45, 7) is 7.97. The van der Waals surface area contributed by atoms with E-state index in [1.54, 1.807) is 0 Å². The lowest BCUT2D eigenvalue weighted by molar-refractivity contribution is 0.257. The molecule has 0 amide bonds. The normalized spacial score (nSPS) is 12.4. The Morgan fingerprint density at radius 3 is 2.00 bits per heavy atom. The first-order chi connectivity index (χ1) is 6.04. The lowest BCUT2D eigenvalue weighted by Crippen LogP contribution is -2.19. The Morgan fingerprint density at radius 1 is 1.23 bits per heavy atom. The molecule has 0 aromatic heterocycles. The fourth-order valence-corrected chi connectivity index (χ4v) is 3.14. The molecule has 1 N–H and O–H groups in total. The summed E-state index contributed by atoms with van der Waals surface area (Å²) >= 11 is 5.27. The number of nitrogens with one attached hydrogen (secondary N) is 1. The molecule has 0 unspecified atom stereocenters. The van der Waals surface area contributed by atoms with Crippen molar-refractivity contribution in [3.8, 4) is 0 Å². The van der Waals surface area contributed by atoms with Crippen molar-refractivity contribution in [3.63, 3.8) is 0 Å². The quantitative estimate of drug-likeness (QED) is 0.674. The summed E-state index contributed by atoms with van der Waals surface area (Å²) in [6, 6.07) is 0. The summed E-state index contributed by atoms with van der Waals surface area (Å²) in [4.78, 5) is 0. The van der Waals surface area contributed by atoms with Crippen LogP contribution < -0.4 is 5.09 Å². The van der Waals surface area contributed by atoms with Gasteiger partial charge in [0, 0.05) is 6.54 Å². The summed E-state index contributed by atoms with van der Waals surface area (Å²) in [5.74, 6) is 0.559. The molecule has 80 valence electrons. The van der Waals surface area contributed by atoms with E-state index in [1.807, 2.05) is 13.8 Å². The Bertz CT molecular complexity index is 166. The maximum absolute atomic E-state index is 5.41. The zero-order valence-electron chi connectivity index (χ0n) is 8.87. The van der Waals surface area contributed by atoms with Crippen LogP contribution in [0, 0.1) is 5.92 Å². The molecule has 13 heavy (non-hydrogen) atoms. The third-order valence-electron chi connectivity index (χ3n) is 1.29. The minimum atomic E-state index is -2.19. The molecular weight excluding hydrogens is 205 g/mol. The minimum absolute atomic E-state index is 0.559. The number of rotatable bonds is 7. The monoisotopic (exact) mass is 225 g/mol. The second-order valence-electron chi connectivity index (χ2n) is 3.09. The van der Waals surface area contributed by atoms with Crippen LogP contribution in [0.1, 0.15) is 27.7 Å². The molecule has 0 aliphatic heterocycles. The predicted molar refractivity (Wildman–Crippen MR) is 60.4 cm³/mol. The van der Waals surface area contributed by atoms with Gasteiger partial charge in [-0.25, -0.2) is 5.09 Å². The Balaban J connectivity index is 3.99.